The molecule has 2 rings (SSSR count). The number of carbonyl (C=O) groups excluding carboxylic acids is 2. The fraction of sp³-hybridized carbons (Fsp3) is 0.529. The maximum absolute atomic E-state index is 12.5. The number of carbonyl (C=O) groups is 2. The largest absolute Gasteiger partial charge is 0.497 e. The molecule has 1 aromatic carbocycles. The van der Waals surface area contributed by atoms with Crippen LogP contribution in [-0.4, -0.2) is 50.0 Å². The SMILES string of the molecule is CCN(CC(=O)Nc1cccc(OC)c1)C(=O)C(C)C1CNC1. The van der Waals surface area contributed by atoms with E-state index in [1.165, 1.54) is 0 Å². The van der Waals surface area contributed by atoms with E-state index in [2.05, 4.69) is 10.6 Å². The third-order valence-corrected chi connectivity index (χ3v) is 4.29. The van der Waals surface area contributed by atoms with Crippen molar-refractivity contribution in [2.45, 2.75) is 13.8 Å². The minimum Gasteiger partial charge on any atom is -0.497 e. The van der Waals surface area contributed by atoms with Crippen LogP contribution < -0.4 is 15.4 Å². The van der Waals surface area contributed by atoms with Gasteiger partial charge in [-0.1, -0.05) is 13.0 Å². The molecule has 0 saturated carbocycles. The molecule has 1 aromatic rings. The summed E-state index contributed by atoms with van der Waals surface area (Å²) >= 11 is 0. The van der Waals surface area contributed by atoms with Gasteiger partial charge in [-0.05, 0) is 38.1 Å². The van der Waals surface area contributed by atoms with Crippen molar-refractivity contribution in [3.8, 4) is 5.75 Å². The van der Waals surface area contributed by atoms with Crippen molar-refractivity contribution >= 4 is 17.5 Å². The number of hydrogen-bond donors (Lipinski definition) is 2. The molecular formula is C17H25N3O3. The van der Waals surface area contributed by atoms with E-state index in [0.29, 0.717) is 23.9 Å². The Kier molecular flexibility index (Phi) is 5.98. The number of likely N-dealkylation sites (N-methyl/N-ethyl adjacent to an activating group) is 1. The molecule has 23 heavy (non-hydrogen) atoms. The normalized spacial score (nSPS) is 15.4. The zero-order valence-electron chi connectivity index (χ0n) is 14.0. The third-order valence-electron chi connectivity index (χ3n) is 4.29. The number of nitrogens with one attached hydrogen (secondary N) is 2. The van der Waals surface area contributed by atoms with Gasteiger partial charge in [-0.3, -0.25) is 9.59 Å². The number of rotatable bonds is 7. The summed E-state index contributed by atoms with van der Waals surface area (Å²) in [5.74, 6) is 0.836. The van der Waals surface area contributed by atoms with Crippen LogP contribution in [0.3, 0.4) is 0 Å². The van der Waals surface area contributed by atoms with Gasteiger partial charge in [0.2, 0.25) is 11.8 Å². The van der Waals surface area contributed by atoms with Crippen LogP contribution in [0.4, 0.5) is 5.69 Å². The van der Waals surface area contributed by atoms with Crippen LogP contribution in [0.25, 0.3) is 0 Å². The second-order valence-corrected chi connectivity index (χ2v) is 5.84. The number of amides is 2. The highest BCUT2D eigenvalue weighted by Crippen LogP contribution is 2.19. The summed E-state index contributed by atoms with van der Waals surface area (Å²) in [6, 6.07) is 7.16. The number of benzene rings is 1. The van der Waals surface area contributed by atoms with Crippen molar-refractivity contribution in [1.82, 2.24) is 10.2 Å². The second kappa shape index (κ2) is 7.97. The minimum absolute atomic E-state index is 0.0415. The summed E-state index contributed by atoms with van der Waals surface area (Å²) in [5.41, 5.74) is 0.661. The molecule has 0 spiro atoms. The molecular weight excluding hydrogens is 294 g/mol. The van der Waals surface area contributed by atoms with Crippen molar-refractivity contribution in [1.29, 1.82) is 0 Å². The Labute approximate surface area is 137 Å². The molecule has 1 saturated heterocycles. The van der Waals surface area contributed by atoms with Gasteiger partial charge < -0.3 is 20.3 Å². The Hall–Kier alpha value is -2.08. The molecule has 6 heteroatoms. The van der Waals surface area contributed by atoms with Crippen LogP contribution >= 0.6 is 0 Å². The van der Waals surface area contributed by atoms with E-state index in [-0.39, 0.29) is 24.3 Å². The molecule has 0 aromatic heterocycles. The van der Waals surface area contributed by atoms with E-state index in [9.17, 15) is 9.59 Å². The third kappa shape index (κ3) is 4.45. The molecule has 0 radical (unpaired) electrons. The van der Waals surface area contributed by atoms with Crippen molar-refractivity contribution in [3.05, 3.63) is 24.3 Å². The summed E-state index contributed by atoms with van der Waals surface area (Å²) in [7, 11) is 1.58. The van der Waals surface area contributed by atoms with Crippen LogP contribution in [0.2, 0.25) is 0 Å². The Bertz CT molecular complexity index is 558. The Morgan fingerprint density at radius 1 is 1.43 bits per heavy atom. The standard InChI is InChI=1S/C17H25N3O3/c1-4-20(17(22)12(2)13-9-18-10-13)11-16(21)19-14-6-5-7-15(8-14)23-3/h5-8,12-13,18H,4,9-11H2,1-3H3,(H,19,21). The molecule has 6 nitrogen and oxygen atoms in total. The molecule has 1 aliphatic heterocycles. The van der Waals surface area contributed by atoms with Crippen molar-refractivity contribution in [2.75, 3.05) is 38.6 Å². The summed E-state index contributed by atoms with van der Waals surface area (Å²) in [5, 5.41) is 5.98. The number of hydrogen-bond acceptors (Lipinski definition) is 4. The molecule has 126 valence electrons. The number of ether oxygens (including phenoxy) is 1. The summed E-state index contributed by atoms with van der Waals surface area (Å²) in [6.07, 6.45) is 0. The van der Waals surface area contributed by atoms with E-state index in [1.54, 1.807) is 24.1 Å². The van der Waals surface area contributed by atoms with E-state index < -0.39 is 0 Å². The summed E-state index contributed by atoms with van der Waals surface area (Å²) in [4.78, 5) is 26.3. The van der Waals surface area contributed by atoms with E-state index in [1.807, 2.05) is 26.0 Å². The summed E-state index contributed by atoms with van der Waals surface area (Å²) in [6.45, 7) is 6.17. The molecule has 1 atom stereocenters. The van der Waals surface area contributed by atoms with Crippen LogP contribution in [-0.2, 0) is 9.59 Å². The van der Waals surface area contributed by atoms with Gasteiger partial charge in [0.25, 0.3) is 0 Å². The van der Waals surface area contributed by atoms with Gasteiger partial charge in [-0.2, -0.15) is 0 Å². The molecule has 2 amide bonds. The molecule has 1 aliphatic rings. The topological polar surface area (TPSA) is 70.7 Å². The van der Waals surface area contributed by atoms with Crippen LogP contribution in [0, 0.1) is 11.8 Å². The lowest BCUT2D eigenvalue weighted by Gasteiger charge is -2.34. The lowest BCUT2D eigenvalue weighted by molar-refractivity contribution is -0.139. The van der Waals surface area contributed by atoms with Gasteiger partial charge in [0, 0.05) is 24.2 Å². The van der Waals surface area contributed by atoms with E-state index >= 15 is 0 Å². The number of nitrogens with zero attached hydrogens (tertiary/aromatic N) is 1. The second-order valence-electron chi connectivity index (χ2n) is 5.84. The fourth-order valence-corrected chi connectivity index (χ4v) is 2.57. The van der Waals surface area contributed by atoms with Crippen molar-refractivity contribution in [2.24, 2.45) is 11.8 Å². The first kappa shape index (κ1) is 17.3. The number of anilines is 1. The van der Waals surface area contributed by atoms with Crippen LogP contribution in [0.15, 0.2) is 24.3 Å². The van der Waals surface area contributed by atoms with Gasteiger partial charge in [0.1, 0.15) is 5.75 Å². The molecule has 2 N–H and O–H groups in total. The van der Waals surface area contributed by atoms with Crippen molar-refractivity contribution < 1.29 is 14.3 Å². The van der Waals surface area contributed by atoms with Gasteiger partial charge in [0.15, 0.2) is 0 Å². The molecule has 1 heterocycles. The predicted molar refractivity (Wildman–Crippen MR) is 89.4 cm³/mol. The smallest absolute Gasteiger partial charge is 0.243 e. The minimum atomic E-state index is -0.201. The first-order valence-corrected chi connectivity index (χ1v) is 7.98. The Morgan fingerprint density at radius 2 is 2.17 bits per heavy atom. The molecule has 0 aliphatic carbocycles. The average Bonchev–Trinajstić information content (AvgIpc) is 2.50. The van der Waals surface area contributed by atoms with Gasteiger partial charge >= 0.3 is 0 Å². The fourth-order valence-electron chi connectivity index (χ4n) is 2.57. The van der Waals surface area contributed by atoms with E-state index in [0.717, 1.165) is 13.1 Å². The summed E-state index contributed by atoms with van der Waals surface area (Å²) < 4.78 is 5.13. The van der Waals surface area contributed by atoms with Crippen molar-refractivity contribution in [3.63, 3.8) is 0 Å². The van der Waals surface area contributed by atoms with E-state index in [4.69, 9.17) is 4.74 Å². The lowest BCUT2D eigenvalue weighted by Crippen LogP contribution is -2.51. The van der Waals surface area contributed by atoms with Gasteiger partial charge in [-0.15, -0.1) is 0 Å². The Balaban J connectivity index is 1.92. The maximum Gasteiger partial charge on any atom is 0.243 e. The molecule has 0 bridgehead atoms. The predicted octanol–water partition coefficient (Wildman–Crippen LogP) is 1.34. The highest BCUT2D eigenvalue weighted by Gasteiger charge is 2.31. The van der Waals surface area contributed by atoms with Gasteiger partial charge in [0.05, 0.1) is 13.7 Å². The van der Waals surface area contributed by atoms with Crippen LogP contribution in [0.1, 0.15) is 13.8 Å². The Morgan fingerprint density at radius 3 is 2.74 bits per heavy atom. The average molecular weight is 319 g/mol. The van der Waals surface area contributed by atoms with Gasteiger partial charge in [-0.25, -0.2) is 0 Å². The lowest BCUT2D eigenvalue weighted by atomic mass is 9.88. The highest BCUT2D eigenvalue weighted by atomic mass is 16.5. The molecule has 1 unspecified atom stereocenters. The molecule has 1 fully saturated rings. The highest BCUT2D eigenvalue weighted by molar-refractivity contribution is 5.95. The first-order valence-electron chi connectivity index (χ1n) is 7.98. The maximum atomic E-state index is 12.5. The first-order chi connectivity index (χ1) is 11.0. The zero-order valence-corrected chi connectivity index (χ0v) is 14.0. The van der Waals surface area contributed by atoms with Crippen LogP contribution in [0.5, 0.6) is 5.75 Å². The quantitative estimate of drug-likeness (QED) is 0.795. The number of methoxy groups -OCH3 is 1. The monoisotopic (exact) mass is 319 g/mol. The zero-order chi connectivity index (χ0) is 16.8.